The Labute approximate surface area is 177 Å². The van der Waals surface area contributed by atoms with Crippen LogP contribution in [0.15, 0.2) is 49.1 Å². The van der Waals surface area contributed by atoms with Gasteiger partial charge in [-0.1, -0.05) is 0 Å². The first-order valence-electron chi connectivity index (χ1n) is 8.98. The third kappa shape index (κ3) is 3.48. The number of alkyl halides is 2. The second-order valence-corrected chi connectivity index (χ2v) is 7.69. The number of carbonyl (C=O) groups is 1. The molecule has 11 heteroatoms. The van der Waals surface area contributed by atoms with Crippen LogP contribution >= 0.6 is 11.3 Å². The number of hydrogen-bond donors (Lipinski definition) is 2. The van der Waals surface area contributed by atoms with E-state index in [1.807, 2.05) is 0 Å². The Hall–Kier alpha value is -3.86. The predicted octanol–water partition coefficient (Wildman–Crippen LogP) is 4.37. The van der Waals surface area contributed by atoms with Gasteiger partial charge >= 0.3 is 6.61 Å². The van der Waals surface area contributed by atoms with E-state index in [0.29, 0.717) is 16.9 Å². The van der Waals surface area contributed by atoms with Gasteiger partial charge in [0.15, 0.2) is 5.65 Å². The van der Waals surface area contributed by atoms with Gasteiger partial charge in [-0.3, -0.25) is 9.89 Å². The molecule has 0 fully saturated rings. The number of nitrogens with one attached hydrogen (secondary N) is 2. The van der Waals surface area contributed by atoms with Crippen LogP contribution in [0.25, 0.3) is 27.0 Å². The molecular formula is C20H13F2N6O2S. The predicted molar refractivity (Wildman–Crippen MR) is 111 cm³/mol. The molecule has 1 amide bonds. The summed E-state index contributed by atoms with van der Waals surface area (Å²) in [6.07, 6.45) is 6.09. The first-order chi connectivity index (χ1) is 15.0. The largest absolute Gasteiger partial charge is 0.434 e. The zero-order valence-corrected chi connectivity index (χ0v) is 16.5. The SMILES string of the molecule is [CH2]c1cc2cc(OC(F)F)c(-c3n[nH]cc3NC(=O)c3cnn4cccnc34)cc2s1. The normalized spacial score (nSPS) is 11.5. The van der Waals surface area contributed by atoms with Gasteiger partial charge in [0.25, 0.3) is 5.91 Å². The number of anilines is 1. The van der Waals surface area contributed by atoms with Gasteiger partial charge in [0.1, 0.15) is 17.0 Å². The molecule has 0 saturated carbocycles. The van der Waals surface area contributed by atoms with E-state index in [2.05, 4.69) is 32.5 Å². The molecule has 4 heterocycles. The topological polar surface area (TPSA) is 97.2 Å². The van der Waals surface area contributed by atoms with Gasteiger partial charge in [-0.15, -0.1) is 11.3 Å². The number of hydrogen-bond acceptors (Lipinski definition) is 6. The summed E-state index contributed by atoms with van der Waals surface area (Å²) in [4.78, 5) is 17.8. The minimum absolute atomic E-state index is 0.0550. The smallest absolute Gasteiger partial charge is 0.387 e. The molecule has 0 saturated heterocycles. The molecule has 31 heavy (non-hydrogen) atoms. The fourth-order valence-electron chi connectivity index (χ4n) is 3.27. The van der Waals surface area contributed by atoms with Crippen LogP contribution in [-0.2, 0) is 0 Å². The lowest BCUT2D eigenvalue weighted by atomic mass is 10.1. The number of aromatic nitrogens is 5. The van der Waals surface area contributed by atoms with Crippen LogP contribution in [0.5, 0.6) is 5.75 Å². The average molecular weight is 439 g/mol. The van der Waals surface area contributed by atoms with E-state index in [1.165, 1.54) is 34.3 Å². The number of fused-ring (bicyclic) bond motifs is 2. The zero-order chi connectivity index (χ0) is 21.5. The molecule has 0 aliphatic heterocycles. The van der Waals surface area contributed by atoms with Gasteiger partial charge < -0.3 is 10.1 Å². The molecule has 0 bridgehead atoms. The van der Waals surface area contributed by atoms with E-state index in [9.17, 15) is 13.6 Å². The Kier molecular flexibility index (Phi) is 4.59. The lowest BCUT2D eigenvalue weighted by Gasteiger charge is -2.11. The molecular weight excluding hydrogens is 426 g/mol. The number of nitrogens with zero attached hydrogens (tertiary/aromatic N) is 4. The highest BCUT2D eigenvalue weighted by atomic mass is 32.1. The van der Waals surface area contributed by atoms with E-state index in [-0.39, 0.29) is 17.0 Å². The monoisotopic (exact) mass is 439 g/mol. The van der Waals surface area contributed by atoms with Crippen molar-refractivity contribution in [2.75, 3.05) is 5.32 Å². The maximum absolute atomic E-state index is 13.0. The second kappa shape index (κ2) is 7.43. The molecule has 8 nitrogen and oxygen atoms in total. The highest BCUT2D eigenvalue weighted by Crippen LogP contribution is 2.40. The number of ether oxygens (including phenoxy) is 1. The molecule has 0 aliphatic carbocycles. The van der Waals surface area contributed by atoms with Gasteiger partial charge in [-0.25, -0.2) is 9.50 Å². The van der Waals surface area contributed by atoms with Crippen LogP contribution in [0.4, 0.5) is 14.5 Å². The number of H-pyrrole nitrogens is 1. The molecule has 1 radical (unpaired) electrons. The number of amides is 1. The summed E-state index contributed by atoms with van der Waals surface area (Å²) in [6.45, 7) is 0.870. The molecule has 2 N–H and O–H groups in total. The molecule has 0 atom stereocenters. The summed E-state index contributed by atoms with van der Waals surface area (Å²) < 4.78 is 33.1. The maximum atomic E-state index is 13.0. The Balaban J connectivity index is 1.55. The lowest BCUT2D eigenvalue weighted by molar-refractivity contribution is -0.0493. The number of rotatable bonds is 5. The first kappa shape index (κ1) is 19.1. The Morgan fingerprint density at radius 1 is 1.32 bits per heavy atom. The third-order valence-corrected chi connectivity index (χ3v) is 5.51. The summed E-state index contributed by atoms with van der Waals surface area (Å²) in [5.74, 6) is -0.523. The Morgan fingerprint density at radius 3 is 3.03 bits per heavy atom. The van der Waals surface area contributed by atoms with Crippen LogP contribution in [0, 0.1) is 6.92 Å². The van der Waals surface area contributed by atoms with E-state index >= 15 is 0 Å². The number of aromatic amines is 1. The zero-order valence-electron chi connectivity index (χ0n) is 15.7. The average Bonchev–Trinajstić information content (AvgIpc) is 3.44. The first-order valence-corrected chi connectivity index (χ1v) is 9.79. The van der Waals surface area contributed by atoms with Crippen molar-refractivity contribution in [2.24, 2.45) is 0 Å². The van der Waals surface area contributed by atoms with Gasteiger partial charge in [0.05, 0.1) is 11.9 Å². The second-order valence-electron chi connectivity index (χ2n) is 6.53. The molecule has 5 rings (SSSR count). The Bertz CT molecular complexity index is 1420. The van der Waals surface area contributed by atoms with Crippen molar-refractivity contribution in [2.45, 2.75) is 6.61 Å². The van der Waals surface area contributed by atoms with Gasteiger partial charge in [0.2, 0.25) is 0 Å². The highest BCUT2D eigenvalue weighted by Gasteiger charge is 2.21. The minimum atomic E-state index is -3.02. The van der Waals surface area contributed by atoms with Crippen molar-refractivity contribution >= 4 is 38.7 Å². The van der Waals surface area contributed by atoms with E-state index in [1.54, 1.807) is 30.6 Å². The van der Waals surface area contributed by atoms with E-state index in [4.69, 9.17) is 4.74 Å². The molecule has 5 aromatic rings. The summed E-state index contributed by atoms with van der Waals surface area (Å²) in [6, 6.07) is 6.68. The lowest BCUT2D eigenvalue weighted by Crippen LogP contribution is -2.12. The van der Waals surface area contributed by atoms with Crippen molar-refractivity contribution in [1.82, 2.24) is 24.8 Å². The summed E-state index contributed by atoms with van der Waals surface area (Å²) >= 11 is 1.41. The molecule has 155 valence electrons. The molecule has 0 aliphatic rings. The van der Waals surface area contributed by atoms with Gasteiger partial charge in [0, 0.05) is 33.7 Å². The van der Waals surface area contributed by atoms with E-state index in [0.717, 1.165) is 15.0 Å². The van der Waals surface area contributed by atoms with Crippen molar-refractivity contribution < 1.29 is 18.3 Å². The van der Waals surface area contributed by atoms with Crippen molar-refractivity contribution in [3.63, 3.8) is 0 Å². The van der Waals surface area contributed by atoms with Crippen molar-refractivity contribution in [3.8, 4) is 17.0 Å². The van der Waals surface area contributed by atoms with Gasteiger partial charge in [-0.2, -0.15) is 19.0 Å². The fraction of sp³-hybridized carbons (Fsp3) is 0.0500. The standard InChI is InChI=1S/C20H13F2N6O2S/c1-10-5-11-6-15(30-20(21)22)12(7-16(11)31-10)17-14(9-24-27-17)26-19(29)13-8-25-28-4-2-3-23-18(13)28/h2-9,20H,1H2,(H,24,27)(H,26,29). The highest BCUT2D eigenvalue weighted by molar-refractivity contribution is 7.19. The van der Waals surface area contributed by atoms with Crippen LogP contribution in [0.3, 0.4) is 0 Å². The maximum Gasteiger partial charge on any atom is 0.387 e. The summed E-state index contributed by atoms with van der Waals surface area (Å²) in [7, 11) is 0. The molecule has 1 aromatic carbocycles. The number of thiophene rings is 1. The molecule has 0 spiro atoms. The van der Waals surface area contributed by atoms with Crippen molar-refractivity contribution in [3.05, 3.63) is 66.4 Å². The van der Waals surface area contributed by atoms with E-state index < -0.39 is 12.5 Å². The Morgan fingerprint density at radius 2 is 2.19 bits per heavy atom. The molecule has 0 unspecified atom stereocenters. The third-order valence-electron chi connectivity index (χ3n) is 4.55. The van der Waals surface area contributed by atoms with Crippen molar-refractivity contribution in [1.29, 1.82) is 0 Å². The quantitative estimate of drug-likeness (QED) is 0.424. The van der Waals surface area contributed by atoms with Crippen LogP contribution in [-0.4, -0.2) is 37.3 Å². The van der Waals surface area contributed by atoms with Gasteiger partial charge in [-0.05, 0) is 36.6 Å². The minimum Gasteiger partial charge on any atom is -0.434 e. The summed E-state index contributed by atoms with van der Waals surface area (Å²) in [5.41, 5.74) is 1.51. The number of benzene rings is 1. The summed E-state index contributed by atoms with van der Waals surface area (Å²) in [5, 5.41) is 14.4. The van der Waals surface area contributed by atoms with Crippen LogP contribution in [0.2, 0.25) is 0 Å². The number of carbonyl (C=O) groups excluding carboxylic acids is 1. The van der Waals surface area contributed by atoms with Crippen LogP contribution in [0.1, 0.15) is 15.2 Å². The number of halogens is 2. The fourth-order valence-corrected chi connectivity index (χ4v) is 4.15. The molecule has 4 aromatic heterocycles. The van der Waals surface area contributed by atoms with Crippen LogP contribution < -0.4 is 10.1 Å².